The molecule has 1 aromatic heterocycles. The van der Waals surface area contributed by atoms with Gasteiger partial charge in [-0.25, -0.2) is 0 Å². The zero-order chi connectivity index (χ0) is 33.6. The average Bonchev–Trinajstić information content (AvgIpc) is 3.54. The highest BCUT2D eigenvalue weighted by molar-refractivity contribution is 6.09. The summed E-state index contributed by atoms with van der Waals surface area (Å²) in [4.78, 5) is 2.48. The van der Waals surface area contributed by atoms with Crippen LogP contribution in [-0.2, 0) is 11.8 Å². The molecule has 0 fully saturated rings. The molecule has 0 bridgehead atoms. The summed E-state index contributed by atoms with van der Waals surface area (Å²) in [7, 11) is 0. The van der Waals surface area contributed by atoms with Crippen LogP contribution >= 0.6 is 0 Å². The lowest BCUT2D eigenvalue weighted by molar-refractivity contribution is 0.572. The fourth-order valence-electron chi connectivity index (χ4n) is 7.87. The number of aryl methyl sites for hydroxylation is 2. The molecule has 240 valence electrons. The third-order valence-corrected chi connectivity index (χ3v) is 10.2. The Kier molecular flexibility index (Phi) is 8.66. The molecule has 0 amide bonds. The Morgan fingerprint density at radius 3 is 2.38 bits per heavy atom. The molecule has 0 atom stereocenters. The van der Waals surface area contributed by atoms with Crippen LogP contribution in [0.5, 0.6) is 0 Å². The third kappa shape index (κ3) is 5.01. The van der Waals surface area contributed by atoms with Crippen LogP contribution in [0, 0.1) is 6.92 Å². The van der Waals surface area contributed by atoms with Crippen LogP contribution in [0.3, 0.4) is 0 Å². The van der Waals surface area contributed by atoms with Crippen molar-refractivity contribution in [1.29, 1.82) is 0 Å². The minimum absolute atomic E-state index is 0.121. The number of hydrogen-bond donors (Lipinski definition) is 0. The molecule has 3 aliphatic rings. The highest BCUT2D eigenvalue weighted by atomic mass is 16.3. The molecule has 5 aromatic rings. The van der Waals surface area contributed by atoms with Crippen LogP contribution < -0.4 is 4.90 Å². The van der Waals surface area contributed by atoms with Gasteiger partial charge in [0.1, 0.15) is 11.3 Å². The van der Waals surface area contributed by atoms with Crippen LogP contribution in [0.25, 0.3) is 44.0 Å². The Morgan fingerprint density at radius 1 is 0.915 bits per heavy atom. The van der Waals surface area contributed by atoms with Crippen molar-refractivity contribution in [2.45, 2.75) is 87.0 Å². The number of anilines is 2. The fraction of sp³-hybridized carbons (Fsp3) is 0.289. The van der Waals surface area contributed by atoms with Gasteiger partial charge in [-0.1, -0.05) is 89.3 Å². The summed E-state index contributed by atoms with van der Waals surface area (Å²) in [6, 6.07) is 23.3. The first-order chi connectivity index (χ1) is 22.7. The van der Waals surface area contributed by atoms with Crippen molar-refractivity contribution in [2.24, 2.45) is 0 Å². The Balaban J connectivity index is 0.000000733. The highest BCUT2D eigenvalue weighted by Crippen LogP contribution is 2.54. The Labute approximate surface area is 281 Å². The molecule has 0 radical (unpaired) electrons. The van der Waals surface area contributed by atoms with Crippen molar-refractivity contribution in [3.8, 4) is 11.1 Å². The van der Waals surface area contributed by atoms with Gasteiger partial charge in [-0.3, -0.25) is 0 Å². The largest absolute Gasteiger partial charge is 0.460 e. The molecule has 0 unspecified atom stereocenters. The molecule has 4 aromatic carbocycles. The number of allylic oxidation sites excluding steroid dienone is 7. The van der Waals surface area contributed by atoms with E-state index in [0.29, 0.717) is 0 Å². The molecule has 8 rings (SSSR count). The molecule has 2 nitrogen and oxygen atoms in total. The summed E-state index contributed by atoms with van der Waals surface area (Å²) in [6.07, 6.45) is 11.9. The van der Waals surface area contributed by atoms with E-state index in [4.69, 9.17) is 4.42 Å². The summed E-state index contributed by atoms with van der Waals surface area (Å²) >= 11 is 0. The van der Waals surface area contributed by atoms with Gasteiger partial charge >= 0.3 is 0 Å². The van der Waals surface area contributed by atoms with Gasteiger partial charge < -0.3 is 9.32 Å². The third-order valence-electron chi connectivity index (χ3n) is 10.2. The number of benzene rings is 4. The molecule has 0 saturated carbocycles. The van der Waals surface area contributed by atoms with Crippen LogP contribution in [0.4, 0.5) is 11.4 Å². The summed E-state index contributed by atoms with van der Waals surface area (Å²) < 4.78 is 6.47. The maximum atomic E-state index is 6.47. The number of rotatable bonds is 3. The number of furan rings is 1. The van der Waals surface area contributed by atoms with Crippen molar-refractivity contribution in [3.05, 3.63) is 131 Å². The van der Waals surface area contributed by atoms with Crippen molar-refractivity contribution in [3.63, 3.8) is 0 Å². The molecule has 2 aliphatic carbocycles. The van der Waals surface area contributed by atoms with Crippen molar-refractivity contribution in [2.75, 3.05) is 4.90 Å². The zero-order valence-corrected chi connectivity index (χ0v) is 29.8. The van der Waals surface area contributed by atoms with E-state index in [1.807, 2.05) is 20.8 Å². The van der Waals surface area contributed by atoms with E-state index in [2.05, 4.69) is 132 Å². The first kappa shape index (κ1) is 32.4. The molecular formula is C45H49NO. The van der Waals surface area contributed by atoms with Crippen molar-refractivity contribution < 1.29 is 4.42 Å². The predicted molar refractivity (Wildman–Crippen MR) is 206 cm³/mol. The second kappa shape index (κ2) is 12.6. The van der Waals surface area contributed by atoms with Gasteiger partial charge in [0.25, 0.3) is 0 Å². The van der Waals surface area contributed by atoms with Gasteiger partial charge in [-0.15, -0.1) is 6.58 Å². The average molecular weight is 620 g/mol. The quantitative estimate of drug-likeness (QED) is 0.187. The Bertz CT molecular complexity index is 2130. The van der Waals surface area contributed by atoms with Gasteiger partial charge in [0.05, 0.1) is 5.69 Å². The van der Waals surface area contributed by atoms with Crippen LogP contribution in [-0.4, -0.2) is 0 Å². The number of nitrogens with zero attached hydrogens (tertiary/aromatic N) is 1. The standard InChI is InChI=1S/C40H37NO.C3H6.C2H6/c1-7-30-25(4)42-39-31(30)18-19-34-38(39)32-17-16-29(22-35(32)40(34,5)6)41-24(3)23(2)33-21-28(26-12-9-8-10-13-26)20-27-14-11-15-36(41)37(27)33;1-3-2;1-2/h9,11-22H,7-8,10H2,1-6H3;3H,1H2,2H3;1-2H3. The summed E-state index contributed by atoms with van der Waals surface area (Å²) in [5, 5.41) is 3.90. The van der Waals surface area contributed by atoms with Gasteiger partial charge in [0.15, 0.2) is 0 Å². The molecule has 47 heavy (non-hydrogen) atoms. The minimum Gasteiger partial charge on any atom is -0.460 e. The number of fused-ring (bicyclic) bond motifs is 5. The molecule has 0 N–H and O–H groups in total. The van der Waals surface area contributed by atoms with E-state index in [1.165, 1.54) is 83.3 Å². The Morgan fingerprint density at radius 2 is 1.68 bits per heavy atom. The smallest absolute Gasteiger partial charge is 0.142 e. The van der Waals surface area contributed by atoms with E-state index in [0.717, 1.165) is 30.6 Å². The maximum Gasteiger partial charge on any atom is 0.142 e. The highest BCUT2D eigenvalue weighted by Gasteiger charge is 2.39. The molecule has 1 aliphatic heterocycles. The van der Waals surface area contributed by atoms with Crippen LogP contribution in [0.15, 0.2) is 102 Å². The summed E-state index contributed by atoms with van der Waals surface area (Å²) in [5.74, 6) is 1.04. The van der Waals surface area contributed by atoms with E-state index in [9.17, 15) is 0 Å². The zero-order valence-electron chi connectivity index (χ0n) is 29.8. The fourth-order valence-corrected chi connectivity index (χ4v) is 7.87. The van der Waals surface area contributed by atoms with E-state index in [1.54, 1.807) is 6.08 Å². The molecule has 0 spiro atoms. The summed E-state index contributed by atoms with van der Waals surface area (Å²) in [6.45, 7) is 22.9. The normalized spacial score (nSPS) is 15.4. The van der Waals surface area contributed by atoms with E-state index in [-0.39, 0.29) is 5.41 Å². The Hall–Kier alpha value is -4.56. The lowest BCUT2D eigenvalue weighted by Gasteiger charge is -2.34. The maximum absolute atomic E-state index is 6.47. The van der Waals surface area contributed by atoms with Gasteiger partial charge in [-0.2, -0.15) is 0 Å². The topological polar surface area (TPSA) is 16.4 Å². The molecule has 0 saturated heterocycles. The monoisotopic (exact) mass is 619 g/mol. The lowest BCUT2D eigenvalue weighted by atomic mass is 9.82. The minimum atomic E-state index is -0.121. The SMILES string of the molecule is C=CC.CC.CCc1c(C)oc2c3c(ccc12)C(C)(C)c1cc(N2C(C)=C(C)c4cc(C5=CCCC=C5)cc5cccc2c45)ccc1-3. The van der Waals surface area contributed by atoms with E-state index >= 15 is 0 Å². The molecule has 2 heteroatoms. The van der Waals surface area contributed by atoms with Crippen LogP contribution in [0.1, 0.15) is 102 Å². The predicted octanol–water partition coefficient (Wildman–Crippen LogP) is 13.6. The second-order valence-corrected chi connectivity index (χ2v) is 13.2. The number of hydrogen-bond acceptors (Lipinski definition) is 2. The first-order valence-corrected chi connectivity index (χ1v) is 17.4. The van der Waals surface area contributed by atoms with Crippen LogP contribution in [0.2, 0.25) is 0 Å². The van der Waals surface area contributed by atoms with Gasteiger partial charge in [0, 0.05) is 38.7 Å². The molecule has 2 heterocycles. The van der Waals surface area contributed by atoms with Crippen molar-refractivity contribution >= 4 is 44.3 Å². The van der Waals surface area contributed by atoms with Crippen molar-refractivity contribution in [1.82, 2.24) is 0 Å². The van der Waals surface area contributed by atoms with Gasteiger partial charge in [0.2, 0.25) is 0 Å². The summed E-state index contributed by atoms with van der Waals surface area (Å²) in [5.41, 5.74) is 16.6. The van der Waals surface area contributed by atoms with E-state index < -0.39 is 0 Å². The van der Waals surface area contributed by atoms with Gasteiger partial charge in [-0.05, 0) is 122 Å². The lowest BCUT2D eigenvalue weighted by Crippen LogP contribution is -2.21. The molecular weight excluding hydrogens is 571 g/mol. The second-order valence-electron chi connectivity index (χ2n) is 13.2. The first-order valence-electron chi connectivity index (χ1n) is 17.4.